The van der Waals surface area contributed by atoms with Gasteiger partial charge in [0.2, 0.25) is 5.91 Å². The first kappa shape index (κ1) is 13.8. The number of carbonyl (C=O) groups excluding carboxylic acids is 1. The largest absolute Gasteiger partial charge is 0.359 e. The van der Waals surface area contributed by atoms with Gasteiger partial charge in [-0.15, -0.1) is 0 Å². The lowest BCUT2D eigenvalue weighted by atomic mass is 10.2. The second-order valence-electron chi connectivity index (χ2n) is 3.51. The Hall–Kier alpha value is -0.220. The molecule has 0 aliphatic heterocycles. The van der Waals surface area contributed by atoms with Gasteiger partial charge in [0, 0.05) is 31.3 Å². The van der Waals surface area contributed by atoms with Gasteiger partial charge in [-0.3, -0.25) is 4.79 Å². The second kappa shape index (κ2) is 8.12. The first-order chi connectivity index (χ1) is 6.60. The van der Waals surface area contributed by atoms with Crippen LogP contribution in [-0.2, 0) is 4.79 Å². The summed E-state index contributed by atoms with van der Waals surface area (Å²) in [5.41, 5.74) is 0. The summed E-state index contributed by atoms with van der Waals surface area (Å²) in [5, 5.41) is 6.03. The summed E-state index contributed by atoms with van der Waals surface area (Å²) >= 11 is 1.92. The molecule has 0 radical (unpaired) electrons. The predicted molar refractivity (Wildman–Crippen MR) is 63.7 cm³/mol. The average molecular weight is 218 g/mol. The molecular weight excluding hydrogens is 196 g/mol. The van der Waals surface area contributed by atoms with Gasteiger partial charge in [-0.25, -0.2) is 0 Å². The summed E-state index contributed by atoms with van der Waals surface area (Å²) in [7, 11) is 1.67. The molecule has 0 aliphatic carbocycles. The topological polar surface area (TPSA) is 41.1 Å². The Kier molecular flexibility index (Phi) is 7.99. The van der Waals surface area contributed by atoms with Gasteiger partial charge in [0.25, 0.3) is 0 Å². The molecule has 0 heterocycles. The zero-order valence-electron chi connectivity index (χ0n) is 9.59. The maximum atomic E-state index is 11.1. The van der Waals surface area contributed by atoms with E-state index in [2.05, 4.69) is 24.5 Å². The standard InChI is InChI=1S/C10H22N2OS/c1-5-14-7-9(3)12-8(2)6-10(13)11-4/h8-9,12H,5-7H2,1-4H3,(H,11,13). The molecule has 0 spiro atoms. The van der Waals surface area contributed by atoms with Crippen LogP contribution in [0, 0.1) is 0 Å². The highest BCUT2D eigenvalue weighted by molar-refractivity contribution is 7.99. The van der Waals surface area contributed by atoms with Gasteiger partial charge in [-0.2, -0.15) is 11.8 Å². The number of nitrogens with one attached hydrogen (secondary N) is 2. The summed E-state index contributed by atoms with van der Waals surface area (Å²) in [6.45, 7) is 6.36. The quantitative estimate of drug-likeness (QED) is 0.675. The van der Waals surface area contributed by atoms with Gasteiger partial charge in [0.05, 0.1) is 0 Å². The number of thioether (sulfide) groups is 1. The van der Waals surface area contributed by atoms with Crippen molar-refractivity contribution in [1.82, 2.24) is 10.6 Å². The third-order valence-corrected chi connectivity index (χ3v) is 3.06. The Morgan fingerprint density at radius 2 is 2.00 bits per heavy atom. The van der Waals surface area contributed by atoms with Crippen molar-refractivity contribution in [2.75, 3.05) is 18.6 Å². The fourth-order valence-corrected chi connectivity index (χ4v) is 1.95. The maximum Gasteiger partial charge on any atom is 0.221 e. The summed E-state index contributed by atoms with van der Waals surface area (Å²) in [4.78, 5) is 11.1. The van der Waals surface area contributed by atoms with Gasteiger partial charge in [0.1, 0.15) is 0 Å². The van der Waals surface area contributed by atoms with Gasteiger partial charge < -0.3 is 10.6 Å². The Balaban J connectivity index is 3.59. The molecule has 0 fully saturated rings. The smallest absolute Gasteiger partial charge is 0.221 e. The van der Waals surface area contributed by atoms with Gasteiger partial charge in [0.15, 0.2) is 0 Å². The molecule has 4 heteroatoms. The van der Waals surface area contributed by atoms with Gasteiger partial charge >= 0.3 is 0 Å². The molecule has 2 N–H and O–H groups in total. The van der Waals surface area contributed by atoms with E-state index < -0.39 is 0 Å². The van der Waals surface area contributed by atoms with Crippen LogP contribution in [0.15, 0.2) is 0 Å². The highest BCUT2D eigenvalue weighted by Gasteiger charge is 2.10. The minimum Gasteiger partial charge on any atom is -0.359 e. The molecule has 0 aromatic heterocycles. The molecule has 0 aromatic carbocycles. The highest BCUT2D eigenvalue weighted by Crippen LogP contribution is 2.03. The van der Waals surface area contributed by atoms with Gasteiger partial charge in [-0.05, 0) is 19.6 Å². The van der Waals surface area contributed by atoms with Crippen molar-refractivity contribution < 1.29 is 4.79 Å². The van der Waals surface area contributed by atoms with E-state index in [1.54, 1.807) is 7.05 Å². The number of rotatable bonds is 7. The van der Waals surface area contributed by atoms with E-state index >= 15 is 0 Å². The lowest BCUT2D eigenvalue weighted by Gasteiger charge is -2.18. The molecule has 2 unspecified atom stereocenters. The van der Waals surface area contributed by atoms with Crippen molar-refractivity contribution in [2.24, 2.45) is 0 Å². The molecule has 0 aliphatic rings. The van der Waals surface area contributed by atoms with Crippen LogP contribution in [-0.4, -0.2) is 36.5 Å². The molecule has 2 atom stereocenters. The van der Waals surface area contributed by atoms with Crippen LogP contribution >= 0.6 is 11.8 Å². The molecule has 1 amide bonds. The highest BCUT2D eigenvalue weighted by atomic mass is 32.2. The van der Waals surface area contributed by atoms with Crippen molar-refractivity contribution in [2.45, 2.75) is 39.3 Å². The number of hydrogen-bond donors (Lipinski definition) is 2. The number of hydrogen-bond acceptors (Lipinski definition) is 3. The lowest BCUT2D eigenvalue weighted by molar-refractivity contribution is -0.121. The number of carbonyl (C=O) groups is 1. The van der Waals surface area contributed by atoms with E-state index in [0.717, 1.165) is 11.5 Å². The van der Waals surface area contributed by atoms with Crippen molar-refractivity contribution in [3.63, 3.8) is 0 Å². The monoisotopic (exact) mass is 218 g/mol. The fraction of sp³-hybridized carbons (Fsp3) is 0.900. The van der Waals surface area contributed by atoms with E-state index in [1.165, 1.54) is 0 Å². The number of amides is 1. The van der Waals surface area contributed by atoms with Crippen LogP contribution in [0.1, 0.15) is 27.2 Å². The van der Waals surface area contributed by atoms with Crippen LogP contribution in [0.4, 0.5) is 0 Å². The zero-order chi connectivity index (χ0) is 11.0. The van der Waals surface area contributed by atoms with Crippen LogP contribution in [0.25, 0.3) is 0 Å². The molecule has 3 nitrogen and oxygen atoms in total. The third kappa shape index (κ3) is 7.21. The van der Waals surface area contributed by atoms with Gasteiger partial charge in [-0.1, -0.05) is 6.92 Å². The minimum atomic E-state index is 0.0975. The summed E-state index contributed by atoms with van der Waals surface area (Å²) in [5.74, 6) is 2.35. The van der Waals surface area contributed by atoms with Crippen LogP contribution < -0.4 is 10.6 Å². The van der Waals surface area contributed by atoms with E-state index in [9.17, 15) is 4.79 Å². The molecule has 14 heavy (non-hydrogen) atoms. The molecule has 84 valence electrons. The molecule has 0 rings (SSSR count). The van der Waals surface area contributed by atoms with Crippen molar-refractivity contribution >= 4 is 17.7 Å². The molecule has 0 aromatic rings. The van der Waals surface area contributed by atoms with Crippen molar-refractivity contribution in [1.29, 1.82) is 0 Å². The second-order valence-corrected chi connectivity index (χ2v) is 4.82. The van der Waals surface area contributed by atoms with Crippen LogP contribution in [0.3, 0.4) is 0 Å². The lowest BCUT2D eigenvalue weighted by Crippen LogP contribution is -2.39. The third-order valence-electron chi connectivity index (χ3n) is 1.91. The zero-order valence-corrected chi connectivity index (χ0v) is 10.4. The summed E-state index contributed by atoms with van der Waals surface area (Å²) < 4.78 is 0. The Morgan fingerprint density at radius 3 is 2.50 bits per heavy atom. The normalized spacial score (nSPS) is 14.9. The molecule has 0 bridgehead atoms. The van der Waals surface area contributed by atoms with E-state index in [-0.39, 0.29) is 11.9 Å². The Morgan fingerprint density at radius 1 is 1.36 bits per heavy atom. The fourth-order valence-electron chi connectivity index (χ4n) is 1.27. The van der Waals surface area contributed by atoms with Crippen molar-refractivity contribution in [3.05, 3.63) is 0 Å². The predicted octanol–water partition coefficient (Wildman–Crippen LogP) is 1.24. The Bertz CT molecular complexity index is 164. The van der Waals surface area contributed by atoms with E-state index in [0.29, 0.717) is 12.5 Å². The van der Waals surface area contributed by atoms with Crippen LogP contribution in [0.5, 0.6) is 0 Å². The maximum absolute atomic E-state index is 11.1. The summed E-state index contributed by atoms with van der Waals surface area (Å²) in [6.07, 6.45) is 0.553. The minimum absolute atomic E-state index is 0.0975. The average Bonchev–Trinajstić information content (AvgIpc) is 2.14. The summed E-state index contributed by atoms with van der Waals surface area (Å²) in [6, 6.07) is 0.724. The van der Waals surface area contributed by atoms with E-state index in [1.807, 2.05) is 18.7 Å². The van der Waals surface area contributed by atoms with Crippen molar-refractivity contribution in [3.8, 4) is 0 Å². The van der Waals surface area contributed by atoms with E-state index in [4.69, 9.17) is 0 Å². The SMILES string of the molecule is CCSCC(C)NC(C)CC(=O)NC. The Labute approximate surface area is 91.4 Å². The molecule has 0 saturated carbocycles. The first-order valence-electron chi connectivity index (χ1n) is 5.14. The molecular formula is C10H22N2OS. The molecule has 0 saturated heterocycles. The van der Waals surface area contributed by atoms with Crippen LogP contribution in [0.2, 0.25) is 0 Å². The first-order valence-corrected chi connectivity index (χ1v) is 6.30.